The highest BCUT2D eigenvalue weighted by atomic mass is 16.7. The Labute approximate surface area is 72.0 Å². The lowest BCUT2D eigenvalue weighted by Gasteiger charge is -2.48. The van der Waals surface area contributed by atoms with Crippen LogP contribution in [0.25, 0.3) is 0 Å². The first kappa shape index (κ1) is 9.24. The van der Waals surface area contributed by atoms with Crippen LogP contribution in [0, 0.1) is 17.8 Å². The van der Waals surface area contributed by atoms with Crippen LogP contribution in [0.3, 0.4) is 0 Å². The second-order valence-corrected chi connectivity index (χ2v) is 3.09. The second-order valence-electron chi connectivity index (χ2n) is 3.09. The van der Waals surface area contributed by atoms with Crippen LogP contribution in [0.1, 0.15) is 12.8 Å². The fourth-order valence-electron chi connectivity index (χ4n) is 1.50. The Balaban J connectivity index is 2.66. The largest absolute Gasteiger partial charge is 0.353 e. The van der Waals surface area contributed by atoms with Gasteiger partial charge in [0.2, 0.25) is 0 Å². The number of carbonyl (C=O) groups excluding carboxylic acids is 1. The van der Waals surface area contributed by atoms with Crippen molar-refractivity contribution in [1.29, 1.82) is 0 Å². The highest BCUT2D eigenvalue weighted by molar-refractivity contribution is 5.67. The van der Waals surface area contributed by atoms with Gasteiger partial charge in [0.1, 0.15) is 6.29 Å². The molecule has 1 aliphatic rings. The molecule has 0 unspecified atom stereocenters. The van der Waals surface area contributed by atoms with Crippen molar-refractivity contribution >= 4 is 6.29 Å². The van der Waals surface area contributed by atoms with E-state index >= 15 is 0 Å². The molecule has 0 atom stereocenters. The molecule has 66 valence electrons. The molecule has 0 aromatic carbocycles. The normalized spacial score (nSPS) is 23.8. The fraction of sp³-hybridized carbons (Fsp3) is 0.667. The summed E-state index contributed by atoms with van der Waals surface area (Å²) in [5.74, 6) is 1.83. The van der Waals surface area contributed by atoms with E-state index in [-0.39, 0.29) is 0 Å². The van der Waals surface area contributed by atoms with E-state index in [4.69, 9.17) is 15.9 Å². The summed E-state index contributed by atoms with van der Waals surface area (Å²) in [4.78, 5) is 10.6. The zero-order valence-corrected chi connectivity index (χ0v) is 7.29. The summed E-state index contributed by atoms with van der Waals surface area (Å²) < 4.78 is 10.2. The van der Waals surface area contributed by atoms with Crippen LogP contribution in [0.4, 0.5) is 0 Å². The smallest absolute Gasteiger partial charge is 0.171 e. The maximum absolute atomic E-state index is 10.6. The highest BCUT2D eigenvalue weighted by Gasteiger charge is 2.55. The van der Waals surface area contributed by atoms with Crippen LogP contribution < -0.4 is 0 Å². The van der Waals surface area contributed by atoms with Crippen LogP contribution in [0.2, 0.25) is 0 Å². The highest BCUT2D eigenvalue weighted by Crippen LogP contribution is 2.48. The van der Waals surface area contributed by atoms with Crippen molar-refractivity contribution in [1.82, 2.24) is 0 Å². The van der Waals surface area contributed by atoms with Crippen LogP contribution in [-0.2, 0) is 14.3 Å². The molecule has 0 saturated heterocycles. The van der Waals surface area contributed by atoms with E-state index in [0.29, 0.717) is 12.8 Å². The van der Waals surface area contributed by atoms with Crippen LogP contribution in [0.15, 0.2) is 0 Å². The summed E-state index contributed by atoms with van der Waals surface area (Å²) in [5.41, 5.74) is -0.661. The third-order valence-electron chi connectivity index (χ3n) is 2.43. The number of rotatable bonds is 3. The molecule has 3 nitrogen and oxygen atoms in total. The lowest BCUT2D eigenvalue weighted by molar-refractivity contribution is -0.277. The zero-order chi connectivity index (χ0) is 9.24. The van der Waals surface area contributed by atoms with Gasteiger partial charge < -0.3 is 14.3 Å². The van der Waals surface area contributed by atoms with Gasteiger partial charge in [0, 0.05) is 27.1 Å². The maximum atomic E-state index is 10.6. The van der Waals surface area contributed by atoms with Crippen molar-refractivity contribution in [3.8, 4) is 12.3 Å². The zero-order valence-electron chi connectivity index (χ0n) is 7.29. The summed E-state index contributed by atoms with van der Waals surface area (Å²) in [6, 6.07) is 0. The molecule has 0 bridgehead atoms. The molecule has 1 saturated carbocycles. The average molecular weight is 168 g/mol. The van der Waals surface area contributed by atoms with E-state index in [1.165, 1.54) is 0 Å². The number of methoxy groups -OCH3 is 2. The molecule has 1 fully saturated rings. The molecule has 0 aromatic rings. The molecule has 0 heterocycles. The molecule has 0 aliphatic heterocycles. The Hall–Kier alpha value is -0.850. The Morgan fingerprint density at radius 1 is 1.42 bits per heavy atom. The van der Waals surface area contributed by atoms with E-state index in [1.807, 2.05) is 0 Å². The van der Waals surface area contributed by atoms with Gasteiger partial charge in [-0.3, -0.25) is 0 Å². The van der Waals surface area contributed by atoms with Gasteiger partial charge in [-0.15, -0.1) is 6.42 Å². The lowest BCUT2D eigenvalue weighted by atomic mass is 9.66. The number of aldehydes is 1. The van der Waals surface area contributed by atoms with Crippen molar-refractivity contribution < 1.29 is 14.3 Å². The Kier molecular flexibility index (Phi) is 2.22. The summed E-state index contributed by atoms with van der Waals surface area (Å²) >= 11 is 0. The van der Waals surface area contributed by atoms with Crippen molar-refractivity contribution in [3.05, 3.63) is 0 Å². The van der Waals surface area contributed by atoms with Gasteiger partial charge in [-0.05, 0) is 0 Å². The molecule has 12 heavy (non-hydrogen) atoms. The molecule has 0 spiro atoms. The van der Waals surface area contributed by atoms with Crippen molar-refractivity contribution in [2.75, 3.05) is 14.2 Å². The standard InChI is InChI=1S/C9H12O3/c1-4-8(7-10)5-9(6-8,11-2)12-3/h1,7H,5-6H2,2-3H3. The number of hydrogen-bond acceptors (Lipinski definition) is 3. The van der Waals surface area contributed by atoms with E-state index in [0.717, 1.165) is 6.29 Å². The number of carbonyl (C=O) groups is 1. The topological polar surface area (TPSA) is 35.5 Å². The minimum Gasteiger partial charge on any atom is -0.353 e. The van der Waals surface area contributed by atoms with Gasteiger partial charge >= 0.3 is 0 Å². The number of hydrogen-bond donors (Lipinski definition) is 0. The quantitative estimate of drug-likeness (QED) is 0.351. The Bertz CT molecular complexity index is 214. The maximum Gasteiger partial charge on any atom is 0.171 e. The van der Waals surface area contributed by atoms with Gasteiger partial charge in [0.25, 0.3) is 0 Å². The minimum atomic E-state index is -0.661. The summed E-state index contributed by atoms with van der Waals surface area (Å²) in [7, 11) is 3.10. The summed E-state index contributed by atoms with van der Waals surface area (Å²) in [6.07, 6.45) is 6.92. The number of ether oxygens (including phenoxy) is 2. The minimum absolute atomic E-state index is 0.451. The van der Waals surface area contributed by atoms with E-state index in [1.54, 1.807) is 14.2 Å². The first-order chi connectivity index (χ1) is 5.66. The molecular weight excluding hydrogens is 156 g/mol. The van der Waals surface area contributed by atoms with E-state index in [9.17, 15) is 4.79 Å². The molecular formula is C9H12O3. The van der Waals surface area contributed by atoms with Crippen LogP contribution >= 0.6 is 0 Å². The lowest BCUT2D eigenvalue weighted by Crippen LogP contribution is -2.54. The third kappa shape index (κ3) is 1.13. The predicted molar refractivity (Wildman–Crippen MR) is 43.3 cm³/mol. The Morgan fingerprint density at radius 2 is 1.92 bits per heavy atom. The molecule has 3 heteroatoms. The van der Waals surface area contributed by atoms with Gasteiger partial charge in [-0.1, -0.05) is 5.92 Å². The van der Waals surface area contributed by atoms with Crippen LogP contribution in [-0.4, -0.2) is 26.3 Å². The van der Waals surface area contributed by atoms with Gasteiger partial charge in [-0.25, -0.2) is 0 Å². The SMILES string of the molecule is C#CC1(C=O)CC(OC)(OC)C1. The summed E-state index contributed by atoms with van der Waals surface area (Å²) in [5, 5.41) is 0. The summed E-state index contributed by atoms with van der Waals surface area (Å²) in [6.45, 7) is 0. The van der Waals surface area contributed by atoms with E-state index < -0.39 is 11.2 Å². The first-order valence-electron chi connectivity index (χ1n) is 3.70. The number of terminal acetylenes is 1. The fourth-order valence-corrected chi connectivity index (χ4v) is 1.50. The predicted octanol–water partition coefficient (Wildman–Crippen LogP) is 0.588. The van der Waals surface area contributed by atoms with Crippen molar-refractivity contribution in [3.63, 3.8) is 0 Å². The van der Waals surface area contributed by atoms with Crippen molar-refractivity contribution in [2.24, 2.45) is 5.41 Å². The Morgan fingerprint density at radius 3 is 2.17 bits per heavy atom. The monoisotopic (exact) mass is 168 g/mol. The third-order valence-corrected chi connectivity index (χ3v) is 2.43. The van der Waals surface area contributed by atoms with Crippen molar-refractivity contribution in [2.45, 2.75) is 18.6 Å². The molecule has 1 rings (SSSR count). The second kappa shape index (κ2) is 2.89. The molecule has 0 N–H and O–H groups in total. The molecule has 0 amide bonds. The van der Waals surface area contributed by atoms with Gasteiger partial charge in [0.05, 0.1) is 5.41 Å². The van der Waals surface area contributed by atoms with E-state index in [2.05, 4.69) is 5.92 Å². The molecule has 0 aromatic heterocycles. The average Bonchev–Trinajstić information content (AvgIpc) is 2.07. The first-order valence-corrected chi connectivity index (χ1v) is 3.70. The molecule has 1 aliphatic carbocycles. The van der Waals surface area contributed by atoms with Gasteiger partial charge in [0.15, 0.2) is 5.79 Å². The van der Waals surface area contributed by atoms with Crippen LogP contribution in [0.5, 0.6) is 0 Å². The molecule has 0 radical (unpaired) electrons. The van der Waals surface area contributed by atoms with Gasteiger partial charge in [-0.2, -0.15) is 0 Å².